The summed E-state index contributed by atoms with van der Waals surface area (Å²) >= 11 is 0. The van der Waals surface area contributed by atoms with Crippen LogP contribution in [0.1, 0.15) is 30.7 Å². The molecule has 1 aliphatic rings. The third-order valence-corrected chi connectivity index (χ3v) is 3.60. The van der Waals surface area contributed by atoms with Gasteiger partial charge in [0.25, 0.3) is 0 Å². The van der Waals surface area contributed by atoms with Gasteiger partial charge in [0.05, 0.1) is 0 Å². The lowest BCUT2D eigenvalue weighted by Crippen LogP contribution is -2.49. The number of pyridine rings is 1. The molecule has 98 valence electrons. The minimum absolute atomic E-state index is 0.482. The van der Waals surface area contributed by atoms with E-state index in [9.17, 15) is 9.90 Å². The van der Waals surface area contributed by atoms with Crippen LogP contribution >= 0.6 is 0 Å². The highest BCUT2D eigenvalue weighted by Crippen LogP contribution is 2.39. The first kappa shape index (κ1) is 11.8. The Balaban J connectivity index is 1.93. The summed E-state index contributed by atoms with van der Waals surface area (Å²) in [5.74, 6) is -0.298. The molecular formula is C12H13N5O2. The van der Waals surface area contributed by atoms with Gasteiger partial charge in [-0.3, -0.25) is 4.98 Å². The van der Waals surface area contributed by atoms with E-state index in [2.05, 4.69) is 20.5 Å². The van der Waals surface area contributed by atoms with Crippen LogP contribution in [0.25, 0.3) is 0 Å². The van der Waals surface area contributed by atoms with Gasteiger partial charge >= 0.3 is 5.97 Å². The average molecular weight is 259 g/mol. The lowest BCUT2D eigenvalue weighted by molar-refractivity contribution is -0.153. The summed E-state index contributed by atoms with van der Waals surface area (Å²) in [4.78, 5) is 15.5. The number of carboxylic acid groups (broad SMARTS) is 1. The highest BCUT2D eigenvalue weighted by molar-refractivity contribution is 5.77. The molecule has 2 aromatic heterocycles. The molecule has 0 spiro atoms. The average Bonchev–Trinajstić information content (AvgIpc) is 2.77. The number of rotatable bonds is 4. The van der Waals surface area contributed by atoms with Crippen LogP contribution in [0.15, 0.2) is 24.5 Å². The van der Waals surface area contributed by atoms with E-state index in [4.69, 9.17) is 0 Å². The zero-order valence-corrected chi connectivity index (χ0v) is 10.2. The molecule has 1 fully saturated rings. The fourth-order valence-electron chi connectivity index (χ4n) is 2.36. The molecule has 0 radical (unpaired) electrons. The summed E-state index contributed by atoms with van der Waals surface area (Å²) in [5, 5.41) is 20.9. The summed E-state index contributed by atoms with van der Waals surface area (Å²) in [5.41, 5.74) is -0.000436. The molecule has 0 unspecified atom stereocenters. The van der Waals surface area contributed by atoms with Crippen molar-refractivity contribution in [2.24, 2.45) is 0 Å². The summed E-state index contributed by atoms with van der Waals surface area (Å²) in [6, 6.07) is 3.75. The number of tetrazole rings is 1. The molecule has 1 saturated carbocycles. The number of hydrogen-bond donors (Lipinski definition) is 1. The van der Waals surface area contributed by atoms with Gasteiger partial charge in [-0.2, -0.15) is 0 Å². The zero-order valence-electron chi connectivity index (χ0n) is 10.2. The van der Waals surface area contributed by atoms with Crippen molar-refractivity contribution in [2.45, 2.75) is 31.2 Å². The molecule has 0 atom stereocenters. The van der Waals surface area contributed by atoms with Crippen molar-refractivity contribution in [1.29, 1.82) is 0 Å². The number of nitrogens with zero attached hydrogens (tertiary/aromatic N) is 5. The van der Waals surface area contributed by atoms with Gasteiger partial charge in [-0.1, -0.05) is 6.07 Å². The smallest absolute Gasteiger partial charge is 0.331 e. The van der Waals surface area contributed by atoms with Gasteiger partial charge in [0.2, 0.25) is 0 Å². The fourth-order valence-corrected chi connectivity index (χ4v) is 2.36. The van der Waals surface area contributed by atoms with Crippen LogP contribution in [0, 0.1) is 0 Å². The van der Waals surface area contributed by atoms with E-state index in [1.54, 1.807) is 12.4 Å². The summed E-state index contributed by atoms with van der Waals surface area (Å²) in [7, 11) is 0. The van der Waals surface area contributed by atoms with Gasteiger partial charge in [0, 0.05) is 18.8 Å². The first-order valence-electron chi connectivity index (χ1n) is 6.12. The molecule has 2 heterocycles. The fraction of sp³-hybridized carbons (Fsp3) is 0.417. The van der Waals surface area contributed by atoms with Crippen LogP contribution in [0.4, 0.5) is 0 Å². The van der Waals surface area contributed by atoms with Crippen molar-refractivity contribution in [3.05, 3.63) is 35.9 Å². The highest BCUT2D eigenvalue weighted by atomic mass is 16.4. The van der Waals surface area contributed by atoms with E-state index < -0.39 is 11.5 Å². The van der Waals surface area contributed by atoms with E-state index in [1.807, 2.05) is 12.1 Å². The zero-order chi connectivity index (χ0) is 13.3. The van der Waals surface area contributed by atoms with Gasteiger partial charge < -0.3 is 5.11 Å². The first-order valence-corrected chi connectivity index (χ1v) is 6.12. The second kappa shape index (κ2) is 4.42. The van der Waals surface area contributed by atoms with Crippen LogP contribution in [-0.4, -0.2) is 36.3 Å². The largest absolute Gasteiger partial charge is 0.479 e. The van der Waals surface area contributed by atoms with E-state index >= 15 is 0 Å². The van der Waals surface area contributed by atoms with Crippen molar-refractivity contribution >= 4 is 5.97 Å². The van der Waals surface area contributed by atoms with Gasteiger partial charge in [-0.25, -0.2) is 9.48 Å². The molecule has 7 nitrogen and oxygen atoms in total. The molecule has 7 heteroatoms. The molecule has 0 aliphatic heterocycles. The second-order valence-corrected chi connectivity index (χ2v) is 4.74. The Kier molecular flexibility index (Phi) is 2.73. The number of aliphatic carboxylic acids is 1. The molecule has 1 N–H and O–H groups in total. The highest BCUT2D eigenvalue weighted by Gasteiger charge is 2.48. The summed E-state index contributed by atoms with van der Waals surface area (Å²) < 4.78 is 1.46. The molecule has 1 aliphatic carbocycles. The standard InChI is InChI=1S/C12H13N5O2/c18-11(19)12(4-2-5-12)17-10(14-15-16-17)7-9-3-1-6-13-8-9/h1,3,6,8H,2,4-5,7H2,(H,18,19). The van der Waals surface area contributed by atoms with Gasteiger partial charge in [0.1, 0.15) is 0 Å². The quantitative estimate of drug-likeness (QED) is 0.865. The third kappa shape index (κ3) is 1.87. The van der Waals surface area contributed by atoms with Crippen molar-refractivity contribution in [3.8, 4) is 0 Å². The molecular weight excluding hydrogens is 246 g/mol. The molecule has 3 rings (SSSR count). The van der Waals surface area contributed by atoms with Crippen molar-refractivity contribution in [1.82, 2.24) is 25.2 Å². The van der Waals surface area contributed by atoms with Gasteiger partial charge in [0.15, 0.2) is 11.4 Å². The van der Waals surface area contributed by atoms with Gasteiger partial charge in [-0.05, 0) is 41.3 Å². The number of aromatic nitrogens is 5. The normalized spacial score (nSPS) is 16.8. The van der Waals surface area contributed by atoms with Gasteiger partial charge in [-0.15, -0.1) is 5.10 Å². The van der Waals surface area contributed by atoms with Crippen LogP contribution in [0.3, 0.4) is 0 Å². The molecule has 0 bridgehead atoms. The Labute approximate surface area is 109 Å². The lowest BCUT2D eigenvalue weighted by Gasteiger charge is -2.37. The van der Waals surface area contributed by atoms with E-state index in [0.717, 1.165) is 12.0 Å². The Morgan fingerprint density at radius 1 is 1.47 bits per heavy atom. The van der Waals surface area contributed by atoms with Crippen LogP contribution in [-0.2, 0) is 16.8 Å². The third-order valence-electron chi connectivity index (χ3n) is 3.60. The van der Waals surface area contributed by atoms with E-state index in [1.165, 1.54) is 4.68 Å². The van der Waals surface area contributed by atoms with Crippen molar-refractivity contribution in [2.75, 3.05) is 0 Å². The molecule has 0 aromatic carbocycles. The number of carbonyl (C=O) groups is 1. The number of carboxylic acids is 1. The Hall–Kier alpha value is -2.31. The summed E-state index contributed by atoms with van der Waals surface area (Å²) in [6.07, 6.45) is 5.94. The van der Waals surface area contributed by atoms with Crippen molar-refractivity contribution < 1.29 is 9.90 Å². The molecule has 0 saturated heterocycles. The molecule has 2 aromatic rings. The Morgan fingerprint density at radius 3 is 2.89 bits per heavy atom. The van der Waals surface area contributed by atoms with Crippen LogP contribution < -0.4 is 0 Å². The Bertz CT molecular complexity index is 591. The van der Waals surface area contributed by atoms with Crippen molar-refractivity contribution in [3.63, 3.8) is 0 Å². The minimum atomic E-state index is -0.957. The maximum absolute atomic E-state index is 11.5. The maximum Gasteiger partial charge on any atom is 0.331 e. The first-order chi connectivity index (χ1) is 9.22. The minimum Gasteiger partial charge on any atom is -0.479 e. The maximum atomic E-state index is 11.5. The molecule has 0 amide bonds. The predicted molar refractivity (Wildman–Crippen MR) is 64.3 cm³/mol. The molecule has 19 heavy (non-hydrogen) atoms. The van der Waals surface area contributed by atoms with E-state index in [0.29, 0.717) is 25.1 Å². The predicted octanol–water partition coefficient (Wildman–Crippen LogP) is 0.623. The topological polar surface area (TPSA) is 93.8 Å². The second-order valence-electron chi connectivity index (χ2n) is 4.74. The monoisotopic (exact) mass is 259 g/mol. The van der Waals surface area contributed by atoms with E-state index in [-0.39, 0.29) is 0 Å². The van der Waals surface area contributed by atoms with Crippen LogP contribution in [0.2, 0.25) is 0 Å². The SMILES string of the molecule is O=C(O)C1(n2nnnc2Cc2cccnc2)CCC1. The Morgan fingerprint density at radius 2 is 2.32 bits per heavy atom. The van der Waals surface area contributed by atoms with Crippen LogP contribution in [0.5, 0.6) is 0 Å². The lowest BCUT2D eigenvalue weighted by atomic mass is 9.77. The number of hydrogen-bond acceptors (Lipinski definition) is 5. The summed E-state index contributed by atoms with van der Waals surface area (Å²) in [6.45, 7) is 0.